The maximum absolute atomic E-state index is 12.4. The van der Waals surface area contributed by atoms with Crippen molar-refractivity contribution in [3.63, 3.8) is 0 Å². The standard InChI is InChI=1S/C12H17ClN2O3S/c1-18-11-3-2-6-15(9-11)19(16,17)12-5-4-10(7-13)8-14-12/h4-5,8,11H,2-3,6-7,9H2,1H3. The predicted molar refractivity (Wildman–Crippen MR) is 72.6 cm³/mol. The van der Waals surface area contributed by atoms with Gasteiger partial charge >= 0.3 is 0 Å². The van der Waals surface area contributed by atoms with Crippen LogP contribution in [0.3, 0.4) is 0 Å². The first-order valence-corrected chi connectivity index (χ1v) is 8.09. The SMILES string of the molecule is COC1CCCN(S(=O)(=O)c2ccc(CCl)cn2)C1. The van der Waals surface area contributed by atoms with Crippen LogP contribution in [0.15, 0.2) is 23.4 Å². The van der Waals surface area contributed by atoms with Crippen LogP contribution in [0.4, 0.5) is 0 Å². The summed E-state index contributed by atoms with van der Waals surface area (Å²) in [5.41, 5.74) is 0.800. The van der Waals surface area contributed by atoms with Crippen LogP contribution in [-0.2, 0) is 20.6 Å². The Balaban J connectivity index is 2.20. The lowest BCUT2D eigenvalue weighted by molar-refractivity contribution is 0.0571. The third-order valence-corrected chi connectivity index (χ3v) is 5.32. The maximum Gasteiger partial charge on any atom is 0.260 e. The fraction of sp³-hybridized carbons (Fsp3) is 0.583. The summed E-state index contributed by atoms with van der Waals surface area (Å²) in [7, 11) is -1.93. The van der Waals surface area contributed by atoms with Crippen LogP contribution in [0.25, 0.3) is 0 Å². The van der Waals surface area contributed by atoms with E-state index in [1.807, 2.05) is 0 Å². The fourth-order valence-electron chi connectivity index (χ4n) is 2.09. The fourth-order valence-corrected chi connectivity index (χ4v) is 3.67. The largest absolute Gasteiger partial charge is 0.380 e. The van der Waals surface area contributed by atoms with Crippen molar-refractivity contribution in [1.29, 1.82) is 0 Å². The van der Waals surface area contributed by atoms with Gasteiger partial charge in [0.15, 0.2) is 5.03 Å². The number of halogens is 1. The Hall–Kier alpha value is -0.690. The number of hydrogen-bond donors (Lipinski definition) is 0. The molecule has 0 aliphatic carbocycles. The molecule has 2 heterocycles. The van der Waals surface area contributed by atoms with Crippen molar-refractivity contribution in [3.05, 3.63) is 23.9 Å². The van der Waals surface area contributed by atoms with Gasteiger partial charge in [-0.2, -0.15) is 4.31 Å². The molecule has 1 fully saturated rings. The molecular formula is C12H17ClN2O3S. The minimum atomic E-state index is -3.53. The molecule has 0 saturated carbocycles. The monoisotopic (exact) mass is 304 g/mol. The smallest absolute Gasteiger partial charge is 0.260 e. The number of nitrogens with zero attached hydrogens (tertiary/aromatic N) is 2. The number of alkyl halides is 1. The zero-order valence-electron chi connectivity index (χ0n) is 10.8. The number of hydrogen-bond acceptors (Lipinski definition) is 4. The van der Waals surface area contributed by atoms with Crippen molar-refractivity contribution in [1.82, 2.24) is 9.29 Å². The Labute approximate surface area is 118 Å². The number of aromatic nitrogens is 1. The first-order valence-electron chi connectivity index (χ1n) is 6.11. The van der Waals surface area contributed by atoms with E-state index in [-0.39, 0.29) is 11.1 Å². The van der Waals surface area contributed by atoms with E-state index < -0.39 is 10.0 Å². The molecule has 0 amide bonds. The second-order valence-corrected chi connectivity index (χ2v) is 6.65. The van der Waals surface area contributed by atoms with Gasteiger partial charge < -0.3 is 4.74 Å². The molecule has 0 bridgehead atoms. The summed E-state index contributed by atoms with van der Waals surface area (Å²) < 4.78 is 31.5. The molecule has 7 heteroatoms. The van der Waals surface area contributed by atoms with Gasteiger partial charge in [0, 0.05) is 32.3 Å². The van der Waals surface area contributed by atoms with Gasteiger partial charge in [0.25, 0.3) is 10.0 Å². The lowest BCUT2D eigenvalue weighted by atomic mass is 10.1. The van der Waals surface area contributed by atoms with Gasteiger partial charge in [-0.1, -0.05) is 6.07 Å². The molecule has 1 aliphatic heterocycles. The number of piperidine rings is 1. The Kier molecular flexibility index (Phi) is 4.78. The van der Waals surface area contributed by atoms with Crippen LogP contribution < -0.4 is 0 Å². The Morgan fingerprint density at radius 2 is 2.32 bits per heavy atom. The summed E-state index contributed by atoms with van der Waals surface area (Å²) in [6, 6.07) is 3.19. The van der Waals surface area contributed by atoms with Crippen molar-refractivity contribution in [2.75, 3.05) is 20.2 Å². The van der Waals surface area contributed by atoms with Crippen molar-refractivity contribution < 1.29 is 13.2 Å². The summed E-state index contributed by atoms with van der Waals surface area (Å²) in [4.78, 5) is 3.99. The molecule has 1 saturated heterocycles. The number of ether oxygens (including phenoxy) is 1. The summed E-state index contributed by atoms with van der Waals surface area (Å²) in [6.45, 7) is 0.902. The van der Waals surface area contributed by atoms with Crippen molar-refractivity contribution in [2.24, 2.45) is 0 Å². The maximum atomic E-state index is 12.4. The zero-order chi connectivity index (χ0) is 13.9. The van der Waals surface area contributed by atoms with Gasteiger partial charge in [0.2, 0.25) is 0 Å². The van der Waals surface area contributed by atoms with Crippen LogP contribution in [0, 0.1) is 0 Å². The van der Waals surface area contributed by atoms with Crippen LogP contribution >= 0.6 is 11.6 Å². The van der Waals surface area contributed by atoms with E-state index in [9.17, 15) is 8.42 Å². The highest BCUT2D eigenvalue weighted by Crippen LogP contribution is 2.20. The second kappa shape index (κ2) is 6.17. The van der Waals surface area contributed by atoms with Crippen molar-refractivity contribution in [2.45, 2.75) is 29.9 Å². The molecule has 1 unspecified atom stereocenters. The van der Waals surface area contributed by atoms with E-state index in [1.54, 1.807) is 13.2 Å². The molecule has 0 spiro atoms. The molecule has 19 heavy (non-hydrogen) atoms. The Morgan fingerprint density at radius 3 is 2.89 bits per heavy atom. The average molecular weight is 305 g/mol. The van der Waals surface area contributed by atoms with Crippen molar-refractivity contribution >= 4 is 21.6 Å². The lowest BCUT2D eigenvalue weighted by Crippen LogP contribution is -2.43. The second-order valence-electron chi connectivity index (χ2n) is 4.50. The average Bonchev–Trinajstić information content (AvgIpc) is 2.47. The van der Waals surface area contributed by atoms with E-state index in [0.29, 0.717) is 19.0 Å². The summed E-state index contributed by atoms with van der Waals surface area (Å²) in [5.74, 6) is 0.322. The van der Waals surface area contributed by atoms with E-state index >= 15 is 0 Å². The minimum absolute atomic E-state index is 0.0364. The molecule has 106 valence electrons. The van der Waals surface area contributed by atoms with Crippen LogP contribution in [0.1, 0.15) is 18.4 Å². The van der Waals surface area contributed by atoms with Gasteiger partial charge in [-0.3, -0.25) is 0 Å². The molecule has 1 aromatic rings. The first-order chi connectivity index (χ1) is 9.07. The normalized spacial score (nSPS) is 21.5. The predicted octanol–water partition coefficient (Wildman–Crippen LogP) is 1.62. The summed E-state index contributed by atoms with van der Waals surface area (Å²) in [5, 5.41) is 0.0677. The highest BCUT2D eigenvalue weighted by atomic mass is 35.5. The zero-order valence-corrected chi connectivity index (χ0v) is 12.3. The van der Waals surface area contributed by atoms with E-state index in [0.717, 1.165) is 18.4 Å². The molecule has 1 atom stereocenters. The molecule has 0 radical (unpaired) electrons. The summed E-state index contributed by atoms with van der Waals surface area (Å²) >= 11 is 5.66. The summed E-state index contributed by atoms with van der Waals surface area (Å²) in [6.07, 6.45) is 3.15. The van der Waals surface area contributed by atoms with Gasteiger partial charge in [-0.25, -0.2) is 13.4 Å². The third kappa shape index (κ3) is 3.25. The molecule has 1 aromatic heterocycles. The highest BCUT2D eigenvalue weighted by molar-refractivity contribution is 7.89. The molecular weight excluding hydrogens is 288 g/mol. The third-order valence-electron chi connectivity index (χ3n) is 3.23. The van der Waals surface area contributed by atoms with Crippen LogP contribution in [0.2, 0.25) is 0 Å². The topological polar surface area (TPSA) is 59.5 Å². The van der Waals surface area contributed by atoms with Crippen LogP contribution in [-0.4, -0.2) is 44.0 Å². The van der Waals surface area contributed by atoms with Gasteiger partial charge in [-0.15, -0.1) is 11.6 Å². The minimum Gasteiger partial charge on any atom is -0.380 e. The van der Waals surface area contributed by atoms with Gasteiger partial charge in [-0.05, 0) is 24.5 Å². The quantitative estimate of drug-likeness (QED) is 0.793. The van der Waals surface area contributed by atoms with E-state index in [4.69, 9.17) is 16.3 Å². The van der Waals surface area contributed by atoms with Gasteiger partial charge in [0.1, 0.15) is 0 Å². The highest BCUT2D eigenvalue weighted by Gasteiger charge is 2.31. The molecule has 0 N–H and O–H groups in total. The van der Waals surface area contributed by atoms with E-state index in [2.05, 4.69) is 4.98 Å². The number of sulfonamides is 1. The number of rotatable bonds is 4. The van der Waals surface area contributed by atoms with Crippen molar-refractivity contribution in [3.8, 4) is 0 Å². The number of methoxy groups -OCH3 is 1. The Bertz CT molecular complexity index is 518. The lowest BCUT2D eigenvalue weighted by Gasteiger charge is -2.30. The molecule has 1 aliphatic rings. The molecule has 5 nitrogen and oxygen atoms in total. The molecule has 2 rings (SSSR count). The van der Waals surface area contributed by atoms with Gasteiger partial charge in [0.05, 0.1) is 6.10 Å². The molecule has 0 aromatic carbocycles. The number of pyridine rings is 1. The van der Waals surface area contributed by atoms with E-state index in [1.165, 1.54) is 16.6 Å². The Morgan fingerprint density at radius 1 is 1.53 bits per heavy atom. The van der Waals surface area contributed by atoms with Crippen LogP contribution in [0.5, 0.6) is 0 Å². The first kappa shape index (κ1) is 14.7.